The van der Waals surface area contributed by atoms with Crippen molar-refractivity contribution in [3.05, 3.63) is 144 Å². The summed E-state index contributed by atoms with van der Waals surface area (Å²) in [5.74, 6) is 0.993. The molecule has 1 fully saturated rings. The second-order valence-corrected chi connectivity index (χ2v) is 13.1. The van der Waals surface area contributed by atoms with E-state index in [1.54, 1.807) is 49.4 Å². The molecule has 3 atom stereocenters. The highest BCUT2D eigenvalue weighted by molar-refractivity contribution is 6.06. The number of hydrogen-bond donors (Lipinski definition) is 3. The Bertz CT molecular complexity index is 2180. The fraction of sp³-hybridized carbons (Fsp3) is 0.262. The minimum Gasteiger partial charge on any atom is -0.497 e. The molecule has 0 bridgehead atoms. The summed E-state index contributed by atoms with van der Waals surface area (Å²) in [4.78, 5) is 37.9. The SMILES string of the molecule is COc1ccc(C(OC[C@H]2O[C@@H](n3cnc4c(NC(=O)c5ccc(CCC(=O)CO)cc5)ncnc43)CC2O)(c2ccccc2)c2ccc(OC)cc2)cc1. The van der Waals surface area contributed by atoms with E-state index in [9.17, 15) is 14.7 Å². The van der Waals surface area contributed by atoms with Gasteiger partial charge in [-0.25, -0.2) is 15.0 Å². The minimum atomic E-state index is -1.09. The molecule has 55 heavy (non-hydrogen) atoms. The highest BCUT2D eigenvalue weighted by Gasteiger charge is 2.42. The zero-order chi connectivity index (χ0) is 38.4. The molecular formula is C42H41N5O8. The molecule has 1 unspecified atom stereocenters. The molecule has 1 saturated heterocycles. The number of rotatable bonds is 15. The molecule has 7 rings (SSSR count). The highest BCUT2D eigenvalue weighted by atomic mass is 16.6. The first kappa shape index (κ1) is 37.3. The van der Waals surface area contributed by atoms with Crippen molar-refractivity contribution in [3.63, 3.8) is 0 Å². The summed E-state index contributed by atoms with van der Waals surface area (Å²) in [5.41, 5.74) is 3.53. The van der Waals surface area contributed by atoms with E-state index in [0.29, 0.717) is 34.6 Å². The molecule has 4 aromatic carbocycles. The number of anilines is 1. The van der Waals surface area contributed by atoms with Crippen LogP contribution in [0.4, 0.5) is 5.82 Å². The van der Waals surface area contributed by atoms with E-state index in [4.69, 9.17) is 24.1 Å². The molecule has 0 aliphatic carbocycles. The maximum absolute atomic E-state index is 13.2. The topological polar surface area (TPSA) is 167 Å². The van der Waals surface area contributed by atoms with Crippen molar-refractivity contribution < 1.29 is 38.7 Å². The number of aliphatic hydroxyl groups is 2. The number of benzene rings is 4. The number of nitrogens with zero attached hydrogens (tertiary/aromatic N) is 4. The Morgan fingerprint density at radius 2 is 1.49 bits per heavy atom. The van der Waals surface area contributed by atoms with Crippen LogP contribution >= 0.6 is 0 Å². The summed E-state index contributed by atoms with van der Waals surface area (Å²) < 4.78 is 26.1. The van der Waals surface area contributed by atoms with E-state index in [-0.39, 0.29) is 31.0 Å². The number of Topliss-reactive ketones (excluding diaryl/α,β-unsaturated/α-hetero) is 1. The standard InChI is InChI=1S/C42H41N5O8/c1-52-33-18-13-30(14-19-33)42(29-6-4-3-5-7-29,31-15-20-34(53-2)21-16-31)54-24-36-35(50)22-37(55-36)47-26-45-38-39(43-25-44-40(38)47)46-41(51)28-11-8-27(9-12-28)10-17-32(49)23-48/h3-9,11-16,18-21,25-26,35-37,48,50H,10,17,22-24H2,1-2H3,(H,43,44,46,51)/t35?,36-,37-/m1/s1. The number of amides is 1. The van der Waals surface area contributed by atoms with Crippen LogP contribution in [-0.4, -0.2) is 81.1 Å². The average molecular weight is 744 g/mol. The van der Waals surface area contributed by atoms with E-state index in [0.717, 1.165) is 22.3 Å². The summed E-state index contributed by atoms with van der Waals surface area (Å²) in [6.45, 7) is -0.456. The molecule has 13 nitrogen and oxygen atoms in total. The van der Waals surface area contributed by atoms with Gasteiger partial charge in [-0.05, 0) is 65.1 Å². The molecule has 3 heterocycles. The van der Waals surface area contributed by atoms with E-state index >= 15 is 0 Å². The van der Waals surface area contributed by atoms with Gasteiger partial charge in [-0.3, -0.25) is 14.2 Å². The van der Waals surface area contributed by atoms with Crippen molar-refractivity contribution in [2.75, 3.05) is 32.8 Å². The van der Waals surface area contributed by atoms with Crippen LogP contribution < -0.4 is 14.8 Å². The molecule has 282 valence electrons. The molecule has 0 spiro atoms. The van der Waals surface area contributed by atoms with Gasteiger partial charge in [0.25, 0.3) is 5.91 Å². The Kier molecular flexibility index (Phi) is 11.2. The number of ketones is 1. The lowest BCUT2D eigenvalue weighted by atomic mass is 9.80. The monoisotopic (exact) mass is 743 g/mol. The van der Waals surface area contributed by atoms with Crippen molar-refractivity contribution in [2.24, 2.45) is 0 Å². The van der Waals surface area contributed by atoms with Gasteiger partial charge in [-0.1, -0.05) is 66.7 Å². The summed E-state index contributed by atoms with van der Waals surface area (Å²) in [7, 11) is 3.24. The molecular weight excluding hydrogens is 702 g/mol. The predicted molar refractivity (Wildman–Crippen MR) is 203 cm³/mol. The van der Waals surface area contributed by atoms with Gasteiger partial charge in [0.05, 0.1) is 33.3 Å². The molecule has 1 amide bonds. The zero-order valence-electron chi connectivity index (χ0n) is 30.4. The smallest absolute Gasteiger partial charge is 0.256 e. The number of ether oxygens (including phenoxy) is 4. The third-order valence-corrected chi connectivity index (χ3v) is 9.83. The summed E-state index contributed by atoms with van der Waals surface area (Å²) in [6, 6.07) is 32.2. The van der Waals surface area contributed by atoms with Crippen LogP contribution in [0.1, 0.15) is 51.7 Å². The molecule has 1 aliphatic rings. The van der Waals surface area contributed by atoms with Gasteiger partial charge in [0.15, 0.2) is 22.8 Å². The van der Waals surface area contributed by atoms with E-state index < -0.39 is 36.6 Å². The lowest BCUT2D eigenvalue weighted by molar-refractivity contribution is -0.121. The normalized spacial score (nSPS) is 16.9. The molecule has 6 aromatic rings. The Hall–Kier alpha value is -5.99. The summed E-state index contributed by atoms with van der Waals surface area (Å²) >= 11 is 0. The number of aromatic nitrogens is 4. The number of aliphatic hydroxyl groups excluding tert-OH is 2. The second-order valence-electron chi connectivity index (χ2n) is 13.1. The van der Waals surface area contributed by atoms with Crippen LogP contribution in [0.2, 0.25) is 0 Å². The van der Waals surface area contributed by atoms with E-state index in [1.807, 2.05) is 78.9 Å². The molecule has 0 radical (unpaired) electrons. The van der Waals surface area contributed by atoms with Gasteiger partial charge in [-0.2, -0.15) is 0 Å². The molecule has 1 aliphatic heterocycles. The fourth-order valence-electron chi connectivity index (χ4n) is 6.84. The number of fused-ring (bicyclic) bond motifs is 1. The first-order valence-corrected chi connectivity index (χ1v) is 17.9. The molecule has 13 heteroatoms. The summed E-state index contributed by atoms with van der Waals surface area (Å²) in [5, 5.41) is 23.2. The summed E-state index contributed by atoms with van der Waals surface area (Å²) in [6.07, 6.45) is 1.59. The first-order chi connectivity index (χ1) is 26.8. The van der Waals surface area contributed by atoms with Crippen molar-refractivity contribution in [1.82, 2.24) is 19.5 Å². The van der Waals surface area contributed by atoms with Gasteiger partial charge < -0.3 is 34.5 Å². The number of carbonyl (C=O) groups is 2. The van der Waals surface area contributed by atoms with Gasteiger partial charge in [0, 0.05) is 18.4 Å². The quantitative estimate of drug-likeness (QED) is 0.118. The van der Waals surface area contributed by atoms with E-state index in [2.05, 4.69) is 20.3 Å². The van der Waals surface area contributed by atoms with Gasteiger partial charge in [0.1, 0.15) is 42.4 Å². The van der Waals surface area contributed by atoms with Crippen LogP contribution in [-0.2, 0) is 26.3 Å². The van der Waals surface area contributed by atoms with Crippen LogP contribution in [0.3, 0.4) is 0 Å². The largest absolute Gasteiger partial charge is 0.497 e. The molecule has 0 saturated carbocycles. The maximum atomic E-state index is 13.2. The maximum Gasteiger partial charge on any atom is 0.256 e. The number of nitrogens with one attached hydrogen (secondary N) is 1. The van der Waals surface area contributed by atoms with Crippen molar-refractivity contribution >= 4 is 28.7 Å². The van der Waals surface area contributed by atoms with Crippen molar-refractivity contribution in [2.45, 2.75) is 43.3 Å². The minimum absolute atomic E-state index is 0.0318. The van der Waals surface area contributed by atoms with Crippen LogP contribution in [0.5, 0.6) is 11.5 Å². The second kappa shape index (κ2) is 16.6. The lowest BCUT2D eigenvalue weighted by Gasteiger charge is -2.37. The number of aryl methyl sites for hydroxylation is 1. The number of carbonyl (C=O) groups excluding carboxylic acids is 2. The Morgan fingerprint density at radius 1 is 0.855 bits per heavy atom. The zero-order valence-corrected chi connectivity index (χ0v) is 30.4. The third-order valence-electron chi connectivity index (χ3n) is 9.83. The van der Waals surface area contributed by atoms with E-state index in [1.165, 1.54) is 6.33 Å². The number of hydrogen-bond acceptors (Lipinski definition) is 11. The first-order valence-electron chi connectivity index (χ1n) is 17.9. The fourth-order valence-corrected chi connectivity index (χ4v) is 6.84. The lowest BCUT2D eigenvalue weighted by Crippen LogP contribution is -2.38. The highest BCUT2D eigenvalue weighted by Crippen LogP contribution is 2.43. The molecule has 2 aromatic heterocycles. The van der Waals surface area contributed by atoms with Crippen LogP contribution in [0.15, 0.2) is 116 Å². The van der Waals surface area contributed by atoms with Crippen molar-refractivity contribution in [1.29, 1.82) is 0 Å². The Balaban J connectivity index is 1.11. The van der Waals surface area contributed by atoms with Gasteiger partial charge in [0.2, 0.25) is 0 Å². The molecule has 3 N–H and O–H groups in total. The third kappa shape index (κ3) is 7.82. The predicted octanol–water partition coefficient (Wildman–Crippen LogP) is 5.25. The van der Waals surface area contributed by atoms with Crippen molar-refractivity contribution in [3.8, 4) is 11.5 Å². The van der Waals surface area contributed by atoms with Gasteiger partial charge >= 0.3 is 0 Å². The number of methoxy groups -OCH3 is 2. The Labute approximate surface area is 317 Å². The van der Waals surface area contributed by atoms with Crippen LogP contribution in [0, 0.1) is 0 Å². The van der Waals surface area contributed by atoms with Crippen LogP contribution in [0.25, 0.3) is 11.2 Å². The van der Waals surface area contributed by atoms with Gasteiger partial charge in [-0.15, -0.1) is 0 Å². The Morgan fingerprint density at radius 3 is 2.11 bits per heavy atom. The average Bonchev–Trinajstić information content (AvgIpc) is 3.84. The number of imidazole rings is 1.